The van der Waals surface area contributed by atoms with Gasteiger partial charge in [0.2, 0.25) is 0 Å². The Hall–Kier alpha value is -0.790. The van der Waals surface area contributed by atoms with Crippen molar-refractivity contribution >= 4 is 0 Å². The fraction of sp³-hybridized carbons (Fsp3) is 0.600. The van der Waals surface area contributed by atoms with E-state index in [-0.39, 0.29) is 0 Å². The molecular formula is C10H15FO. The van der Waals surface area contributed by atoms with E-state index in [9.17, 15) is 4.39 Å². The molecule has 0 fully saturated rings. The first kappa shape index (κ1) is 9.30. The second-order valence-corrected chi connectivity index (χ2v) is 3.44. The highest BCUT2D eigenvalue weighted by Crippen LogP contribution is 2.16. The fourth-order valence-corrected chi connectivity index (χ4v) is 0.992. The van der Waals surface area contributed by atoms with Crippen LogP contribution >= 0.6 is 0 Å². The highest BCUT2D eigenvalue weighted by Gasteiger charge is 2.10. The molecule has 1 aliphatic carbocycles. The number of halogens is 1. The second kappa shape index (κ2) is 4.29. The number of hydrogen-bond donors (Lipinski definition) is 0. The number of rotatable bonds is 3. The maximum atomic E-state index is 12.8. The smallest absolute Gasteiger partial charge is 0.126 e. The second-order valence-electron chi connectivity index (χ2n) is 3.44. The lowest BCUT2D eigenvalue weighted by Crippen LogP contribution is -2.08. The van der Waals surface area contributed by atoms with Gasteiger partial charge in [0, 0.05) is 6.42 Å². The number of alkyl halides is 1. The Morgan fingerprint density at radius 1 is 1.67 bits per heavy atom. The molecule has 1 atom stereocenters. The van der Waals surface area contributed by atoms with Crippen molar-refractivity contribution < 1.29 is 9.13 Å². The average molecular weight is 170 g/mol. The molecule has 1 rings (SSSR count). The van der Waals surface area contributed by atoms with Crippen molar-refractivity contribution in [1.29, 1.82) is 0 Å². The summed E-state index contributed by atoms with van der Waals surface area (Å²) in [5.74, 6) is 1.26. The van der Waals surface area contributed by atoms with Crippen molar-refractivity contribution in [2.75, 3.05) is 6.61 Å². The molecule has 0 N–H and O–H groups in total. The summed E-state index contributed by atoms with van der Waals surface area (Å²) in [5.41, 5.74) is 0. The summed E-state index contributed by atoms with van der Waals surface area (Å²) in [5, 5.41) is 0. The van der Waals surface area contributed by atoms with Gasteiger partial charge in [-0.2, -0.15) is 0 Å². The third kappa shape index (κ3) is 3.07. The molecular weight excluding hydrogens is 155 g/mol. The van der Waals surface area contributed by atoms with Crippen molar-refractivity contribution in [3.63, 3.8) is 0 Å². The van der Waals surface area contributed by atoms with E-state index in [4.69, 9.17) is 4.74 Å². The molecule has 0 heterocycles. The first-order chi connectivity index (χ1) is 5.68. The Labute approximate surface area is 72.9 Å². The van der Waals surface area contributed by atoms with Crippen molar-refractivity contribution in [3.05, 3.63) is 24.0 Å². The van der Waals surface area contributed by atoms with Crippen LogP contribution in [-0.4, -0.2) is 12.8 Å². The molecule has 0 aliphatic heterocycles. The topological polar surface area (TPSA) is 9.23 Å². The molecule has 0 radical (unpaired) electrons. The lowest BCUT2D eigenvalue weighted by Gasteiger charge is -2.15. The number of allylic oxidation sites excluding steroid dienone is 4. The summed E-state index contributed by atoms with van der Waals surface area (Å²) in [6, 6.07) is 0. The van der Waals surface area contributed by atoms with E-state index in [1.165, 1.54) is 0 Å². The normalized spacial score (nSPS) is 22.7. The van der Waals surface area contributed by atoms with Gasteiger partial charge in [0.1, 0.15) is 6.17 Å². The molecule has 0 bridgehead atoms. The van der Waals surface area contributed by atoms with Crippen LogP contribution in [0.15, 0.2) is 24.0 Å². The molecule has 1 nitrogen and oxygen atoms in total. The lowest BCUT2D eigenvalue weighted by atomic mass is 10.1. The lowest BCUT2D eigenvalue weighted by molar-refractivity contribution is 0.159. The van der Waals surface area contributed by atoms with E-state index in [0.29, 0.717) is 18.9 Å². The van der Waals surface area contributed by atoms with Gasteiger partial charge in [-0.15, -0.1) is 0 Å². The van der Waals surface area contributed by atoms with Gasteiger partial charge in [0.15, 0.2) is 0 Å². The van der Waals surface area contributed by atoms with Crippen LogP contribution in [0.5, 0.6) is 0 Å². The molecule has 1 aliphatic rings. The van der Waals surface area contributed by atoms with Crippen LogP contribution in [0.4, 0.5) is 4.39 Å². The van der Waals surface area contributed by atoms with E-state index in [2.05, 4.69) is 13.8 Å². The van der Waals surface area contributed by atoms with Crippen LogP contribution in [0, 0.1) is 5.92 Å². The third-order valence-corrected chi connectivity index (χ3v) is 1.60. The summed E-state index contributed by atoms with van der Waals surface area (Å²) in [6.45, 7) is 4.82. The van der Waals surface area contributed by atoms with Gasteiger partial charge < -0.3 is 4.74 Å². The van der Waals surface area contributed by atoms with Crippen LogP contribution in [0.1, 0.15) is 20.3 Å². The molecule has 0 saturated heterocycles. The Morgan fingerprint density at radius 2 is 2.42 bits per heavy atom. The van der Waals surface area contributed by atoms with Crippen LogP contribution in [0.2, 0.25) is 0 Å². The Bertz CT molecular complexity index is 194. The van der Waals surface area contributed by atoms with Crippen LogP contribution in [0.25, 0.3) is 0 Å². The summed E-state index contributed by atoms with van der Waals surface area (Å²) >= 11 is 0. The summed E-state index contributed by atoms with van der Waals surface area (Å²) in [4.78, 5) is 0. The van der Waals surface area contributed by atoms with E-state index in [0.717, 1.165) is 5.76 Å². The molecule has 12 heavy (non-hydrogen) atoms. The highest BCUT2D eigenvalue weighted by molar-refractivity contribution is 5.16. The van der Waals surface area contributed by atoms with Crippen LogP contribution in [0.3, 0.4) is 0 Å². The van der Waals surface area contributed by atoms with Gasteiger partial charge in [-0.25, -0.2) is 4.39 Å². The number of ether oxygens (including phenoxy) is 1. The van der Waals surface area contributed by atoms with Crippen LogP contribution < -0.4 is 0 Å². The zero-order valence-corrected chi connectivity index (χ0v) is 7.59. The van der Waals surface area contributed by atoms with Gasteiger partial charge in [0.25, 0.3) is 0 Å². The standard InChI is InChI=1S/C10H15FO/c1-8(2)7-12-10-5-3-4-9(11)6-10/h3-5,8-9H,6-7H2,1-2H3. The summed E-state index contributed by atoms with van der Waals surface area (Å²) < 4.78 is 18.1. The Balaban J connectivity index is 2.33. The largest absolute Gasteiger partial charge is 0.498 e. The maximum Gasteiger partial charge on any atom is 0.126 e. The van der Waals surface area contributed by atoms with Gasteiger partial charge in [-0.05, 0) is 12.0 Å². The monoisotopic (exact) mass is 170 g/mol. The van der Waals surface area contributed by atoms with E-state index >= 15 is 0 Å². The zero-order chi connectivity index (χ0) is 8.97. The minimum Gasteiger partial charge on any atom is -0.498 e. The predicted molar refractivity (Wildman–Crippen MR) is 47.5 cm³/mol. The molecule has 2 heteroatoms. The molecule has 0 saturated carbocycles. The summed E-state index contributed by atoms with van der Waals surface area (Å²) in [7, 11) is 0. The van der Waals surface area contributed by atoms with Gasteiger partial charge >= 0.3 is 0 Å². The SMILES string of the molecule is CC(C)COC1=CC=CC(F)C1. The van der Waals surface area contributed by atoms with Crippen molar-refractivity contribution in [2.45, 2.75) is 26.4 Å². The quantitative estimate of drug-likeness (QED) is 0.632. The molecule has 0 aromatic carbocycles. The molecule has 0 aromatic heterocycles. The first-order valence-corrected chi connectivity index (χ1v) is 4.32. The van der Waals surface area contributed by atoms with Gasteiger partial charge in [-0.1, -0.05) is 26.0 Å². The zero-order valence-electron chi connectivity index (χ0n) is 7.59. The first-order valence-electron chi connectivity index (χ1n) is 4.32. The fourth-order valence-electron chi connectivity index (χ4n) is 0.992. The molecule has 0 amide bonds. The molecule has 1 unspecified atom stereocenters. The van der Waals surface area contributed by atoms with E-state index in [1.54, 1.807) is 12.2 Å². The summed E-state index contributed by atoms with van der Waals surface area (Å²) in [6.07, 6.45) is 4.62. The van der Waals surface area contributed by atoms with E-state index in [1.807, 2.05) is 6.08 Å². The molecule has 0 aromatic rings. The van der Waals surface area contributed by atoms with Crippen LogP contribution in [-0.2, 0) is 4.74 Å². The average Bonchev–Trinajstić information content (AvgIpc) is 2.01. The highest BCUT2D eigenvalue weighted by atomic mass is 19.1. The Kier molecular flexibility index (Phi) is 3.32. The minimum atomic E-state index is -0.864. The predicted octanol–water partition coefficient (Wildman–Crippen LogP) is 2.84. The van der Waals surface area contributed by atoms with E-state index < -0.39 is 6.17 Å². The van der Waals surface area contributed by atoms with Crippen molar-refractivity contribution in [1.82, 2.24) is 0 Å². The minimum absolute atomic E-state index is 0.392. The number of hydrogen-bond acceptors (Lipinski definition) is 1. The third-order valence-electron chi connectivity index (χ3n) is 1.60. The maximum absolute atomic E-state index is 12.8. The van der Waals surface area contributed by atoms with Crippen molar-refractivity contribution in [3.8, 4) is 0 Å². The van der Waals surface area contributed by atoms with Crippen molar-refractivity contribution in [2.24, 2.45) is 5.92 Å². The van der Waals surface area contributed by atoms with Gasteiger partial charge in [-0.3, -0.25) is 0 Å². The molecule has 68 valence electrons. The van der Waals surface area contributed by atoms with Gasteiger partial charge in [0.05, 0.1) is 12.4 Å². The molecule has 0 spiro atoms. The Morgan fingerprint density at radius 3 is 3.00 bits per heavy atom.